The normalized spacial score (nSPS) is 15.4. The van der Waals surface area contributed by atoms with Crippen LogP contribution in [-0.4, -0.2) is 6.85 Å². The number of benzene rings is 11. The number of hydrogen-bond acceptors (Lipinski definition) is 3. The summed E-state index contributed by atoms with van der Waals surface area (Å²) in [5.74, 6) is 0. The van der Waals surface area contributed by atoms with Gasteiger partial charge in [-0.05, 0) is 180 Å². The molecular formula is C77H64BN3. The molecule has 0 atom stereocenters. The van der Waals surface area contributed by atoms with E-state index in [1.165, 1.54) is 118 Å². The molecule has 0 radical (unpaired) electrons. The quantitative estimate of drug-likeness (QED) is 0.140. The van der Waals surface area contributed by atoms with Crippen molar-refractivity contribution in [3.63, 3.8) is 0 Å². The van der Waals surface area contributed by atoms with Crippen molar-refractivity contribution in [2.24, 2.45) is 0 Å². The van der Waals surface area contributed by atoms with Crippen LogP contribution in [0.2, 0.25) is 0 Å². The summed E-state index contributed by atoms with van der Waals surface area (Å²) in [6.07, 6.45) is 2.32. The summed E-state index contributed by atoms with van der Waals surface area (Å²) in [5.41, 5.74) is 29.7. The van der Waals surface area contributed by atoms with Crippen molar-refractivity contribution in [3.8, 4) is 55.6 Å². The van der Waals surface area contributed by atoms with Gasteiger partial charge in [0.2, 0.25) is 0 Å². The van der Waals surface area contributed by atoms with Crippen LogP contribution in [0.15, 0.2) is 255 Å². The fourth-order valence-electron chi connectivity index (χ4n) is 14.2. The van der Waals surface area contributed by atoms with Crippen molar-refractivity contribution in [3.05, 3.63) is 277 Å². The molecule has 4 aliphatic rings. The molecule has 11 aromatic rings. The first-order chi connectivity index (χ1) is 39.4. The minimum absolute atomic E-state index is 0.0289. The summed E-state index contributed by atoms with van der Waals surface area (Å²) in [6.45, 7) is 14.7. The largest absolute Gasteiger partial charge is 0.376 e. The van der Waals surface area contributed by atoms with Crippen molar-refractivity contribution >= 4 is 63.3 Å². The highest BCUT2D eigenvalue weighted by molar-refractivity contribution is 6.93. The smallest absolute Gasteiger partial charge is 0.333 e. The molecule has 0 aromatic heterocycles. The molecule has 3 nitrogen and oxygen atoms in total. The SMILES string of the molecule is CC1(C)CCC(C)(C)c2cc3c(cc21)N1c2cc(-c4ccccc4)cc4c2B(c2cccc(c21)C3(C)C)N(c1ccc(-c2ccccc2)cc1)c1ccc(N(c2ccc(-c3ccccc3)cc2)c2ccc(-c3ccccc3)cc2)cc1-4. The Morgan fingerprint density at radius 1 is 0.346 bits per heavy atom. The molecular weight excluding hydrogens is 978 g/mol. The summed E-state index contributed by atoms with van der Waals surface area (Å²) in [5, 5.41) is 0. The molecule has 0 saturated heterocycles. The summed E-state index contributed by atoms with van der Waals surface area (Å²) in [6, 6.07) is 95.5. The van der Waals surface area contributed by atoms with E-state index in [2.05, 4.69) is 311 Å². The molecule has 0 amide bonds. The zero-order valence-corrected chi connectivity index (χ0v) is 47.1. The Labute approximate surface area is 478 Å². The first-order valence-corrected chi connectivity index (χ1v) is 29.0. The zero-order valence-electron chi connectivity index (χ0n) is 47.1. The maximum absolute atomic E-state index is 2.71. The molecule has 15 rings (SSSR count). The average molecular weight is 1040 g/mol. The molecule has 390 valence electrons. The monoisotopic (exact) mass is 1040 g/mol. The molecule has 3 aliphatic heterocycles. The number of rotatable bonds is 8. The Morgan fingerprint density at radius 3 is 1.35 bits per heavy atom. The Bertz CT molecular complexity index is 4140. The molecule has 3 heterocycles. The van der Waals surface area contributed by atoms with Gasteiger partial charge in [-0.1, -0.05) is 224 Å². The van der Waals surface area contributed by atoms with E-state index in [0.29, 0.717) is 0 Å². The topological polar surface area (TPSA) is 9.72 Å². The van der Waals surface area contributed by atoms with Crippen molar-refractivity contribution in [2.45, 2.75) is 70.6 Å². The van der Waals surface area contributed by atoms with Gasteiger partial charge in [0.25, 0.3) is 0 Å². The molecule has 0 saturated carbocycles. The van der Waals surface area contributed by atoms with E-state index in [1.54, 1.807) is 0 Å². The van der Waals surface area contributed by atoms with Gasteiger partial charge in [0, 0.05) is 50.8 Å². The van der Waals surface area contributed by atoms with Crippen LogP contribution in [0, 0.1) is 0 Å². The lowest BCUT2D eigenvalue weighted by Crippen LogP contribution is -2.62. The van der Waals surface area contributed by atoms with Crippen LogP contribution in [0.5, 0.6) is 0 Å². The fraction of sp³-hybridized carbons (Fsp3) is 0.143. The highest BCUT2D eigenvalue weighted by Gasteiger charge is 2.51. The molecule has 0 spiro atoms. The Hall–Kier alpha value is -9.12. The van der Waals surface area contributed by atoms with Gasteiger partial charge in [0.1, 0.15) is 0 Å². The molecule has 0 unspecified atom stereocenters. The molecule has 4 heteroatoms. The van der Waals surface area contributed by atoms with Crippen molar-refractivity contribution in [1.82, 2.24) is 0 Å². The standard InChI is InChI=1S/C77H64BN3/c1-75(2)44-45-76(3,4)67-50-71-68(49-66(67)75)77(5,6)65-28-19-29-69-74(65)80(71)72-47-58(54-26-17-10-18-27-54)46-64-63-48-62(42-43-70(63)81(78(69)73(64)72)61-40-34-57(35-41-61)53-24-15-9-16-25-53)79(59-36-30-55(31-37-59)51-20-11-7-12-21-51)60-38-32-56(33-39-60)52-22-13-8-14-23-52/h7-43,46-50H,44-45H2,1-6H3. The molecule has 0 N–H and O–H groups in total. The number of nitrogens with zero attached hydrogens (tertiary/aromatic N) is 3. The van der Waals surface area contributed by atoms with E-state index in [-0.39, 0.29) is 23.1 Å². The Balaban J connectivity index is 1.00. The maximum atomic E-state index is 2.71. The summed E-state index contributed by atoms with van der Waals surface area (Å²) >= 11 is 0. The van der Waals surface area contributed by atoms with Crippen LogP contribution in [-0.2, 0) is 16.2 Å². The molecule has 81 heavy (non-hydrogen) atoms. The van der Waals surface area contributed by atoms with E-state index in [0.717, 1.165) is 29.2 Å². The van der Waals surface area contributed by atoms with Gasteiger partial charge in [0.05, 0.1) is 5.69 Å². The summed E-state index contributed by atoms with van der Waals surface area (Å²) in [4.78, 5) is 7.83. The van der Waals surface area contributed by atoms with E-state index < -0.39 is 0 Å². The van der Waals surface area contributed by atoms with Gasteiger partial charge in [0.15, 0.2) is 0 Å². The van der Waals surface area contributed by atoms with Crippen LogP contribution in [0.3, 0.4) is 0 Å². The Morgan fingerprint density at radius 2 is 0.815 bits per heavy atom. The predicted octanol–water partition coefficient (Wildman–Crippen LogP) is 19.5. The van der Waals surface area contributed by atoms with Crippen molar-refractivity contribution in [2.75, 3.05) is 14.6 Å². The maximum Gasteiger partial charge on any atom is 0.333 e. The van der Waals surface area contributed by atoms with Crippen LogP contribution < -0.4 is 25.5 Å². The fourth-order valence-corrected chi connectivity index (χ4v) is 14.2. The van der Waals surface area contributed by atoms with Crippen molar-refractivity contribution in [1.29, 1.82) is 0 Å². The Kier molecular flexibility index (Phi) is 11.2. The zero-order chi connectivity index (χ0) is 54.8. The summed E-state index contributed by atoms with van der Waals surface area (Å²) < 4.78 is 0. The predicted molar refractivity (Wildman–Crippen MR) is 344 cm³/mol. The first kappa shape index (κ1) is 49.0. The molecule has 1 aliphatic carbocycles. The van der Waals surface area contributed by atoms with Gasteiger partial charge in [-0.15, -0.1) is 0 Å². The molecule has 11 aromatic carbocycles. The third-order valence-corrected chi connectivity index (χ3v) is 18.7. The van der Waals surface area contributed by atoms with Gasteiger partial charge >= 0.3 is 6.85 Å². The van der Waals surface area contributed by atoms with Crippen molar-refractivity contribution < 1.29 is 0 Å². The second kappa shape index (κ2) is 18.5. The minimum Gasteiger partial charge on any atom is -0.376 e. The lowest BCUT2D eigenvalue weighted by atomic mass is 9.42. The number of para-hydroxylation sites is 1. The lowest BCUT2D eigenvalue weighted by molar-refractivity contribution is 0.331. The van der Waals surface area contributed by atoms with Gasteiger partial charge in [-0.25, -0.2) is 0 Å². The highest BCUT2D eigenvalue weighted by Crippen LogP contribution is 2.59. The highest BCUT2D eigenvalue weighted by atomic mass is 15.2. The number of hydrogen-bond donors (Lipinski definition) is 0. The van der Waals surface area contributed by atoms with Crippen LogP contribution in [0.1, 0.15) is 76.6 Å². The molecule has 0 fully saturated rings. The average Bonchev–Trinajstić information content (AvgIpc) is 2.92. The van der Waals surface area contributed by atoms with E-state index in [9.17, 15) is 0 Å². The minimum atomic E-state index is -0.271. The summed E-state index contributed by atoms with van der Waals surface area (Å²) in [7, 11) is 0. The van der Waals surface area contributed by atoms with E-state index >= 15 is 0 Å². The van der Waals surface area contributed by atoms with Gasteiger partial charge < -0.3 is 14.6 Å². The van der Waals surface area contributed by atoms with E-state index in [1.807, 2.05) is 0 Å². The number of fused-ring (bicyclic) bond motifs is 7. The van der Waals surface area contributed by atoms with Crippen LogP contribution in [0.25, 0.3) is 55.6 Å². The second-order valence-corrected chi connectivity index (χ2v) is 24.8. The number of anilines is 8. The molecule has 0 bridgehead atoms. The van der Waals surface area contributed by atoms with Gasteiger partial charge in [-0.2, -0.15) is 0 Å². The van der Waals surface area contributed by atoms with Gasteiger partial charge in [-0.3, -0.25) is 0 Å². The first-order valence-electron chi connectivity index (χ1n) is 29.0. The van der Waals surface area contributed by atoms with Crippen LogP contribution >= 0.6 is 0 Å². The third kappa shape index (κ3) is 7.86. The van der Waals surface area contributed by atoms with E-state index in [4.69, 9.17) is 0 Å². The lowest BCUT2D eigenvalue weighted by Gasteiger charge is -2.52. The van der Waals surface area contributed by atoms with Crippen LogP contribution in [0.4, 0.5) is 45.5 Å². The second-order valence-electron chi connectivity index (χ2n) is 24.8. The third-order valence-electron chi connectivity index (χ3n) is 18.7.